The van der Waals surface area contributed by atoms with Crippen LogP contribution in [0.3, 0.4) is 0 Å². The van der Waals surface area contributed by atoms with Crippen molar-refractivity contribution in [2.24, 2.45) is 0 Å². The number of unbranched alkanes of at least 4 members (excludes halogenated alkanes) is 12. The Morgan fingerprint density at radius 2 is 0.543 bits per heavy atom. The van der Waals surface area contributed by atoms with E-state index in [1.165, 1.54) is 77.0 Å². The first-order valence-corrected chi connectivity index (χ1v) is 28.0. The first-order valence-electron chi connectivity index (χ1n) is 19.0. The largest absolute Gasteiger partial charge is 0.501 e. The quantitative estimate of drug-likeness (QED) is 0.0344. The predicted octanol–water partition coefficient (Wildman–Crippen LogP) is 12.8. The summed E-state index contributed by atoms with van der Waals surface area (Å²) in [6.45, 7) is 17.9. The van der Waals surface area contributed by atoms with Gasteiger partial charge in [0, 0.05) is 63.2 Å². The molecule has 0 unspecified atom stereocenters. The molecule has 0 N–H and O–H groups in total. The molecule has 0 aromatic rings. The fourth-order valence-electron chi connectivity index (χ4n) is 4.60. The molecule has 0 aromatic carbocycles. The lowest BCUT2D eigenvalue weighted by Gasteiger charge is -2.30. The SMILES string of the molecule is CCCCCO[Si](CCSSSSCC[Si](OCCCCC)(OCCCCC)OCCCCC)(OCCCCC)OCCCCC. The van der Waals surface area contributed by atoms with Crippen LogP contribution in [0.2, 0.25) is 12.1 Å². The third kappa shape index (κ3) is 28.3. The highest BCUT2D eigenvalue weighted by atomic mass is 33.7. The Bertz CT molecular complexity index is 503. The summed E-state index contributed by atoms with van der Waals surface area (Å²) >= 11 is 0. The van der Waals surface area contributed by atoms with Gasteiger partial charge in [0.25, 0.3) is 0 Å². The lowest BCUT2D eigenvalue weighted by Crippen LogP contribution is -2.47. The minimum absolute atomic E-state index is 0.747. The van der Waals surface area contributed by atoms with Crippen LogP contribution in [0.15, 0.2) is 0 Å². The van der Waals surface area contributed by atoms with Gasteiger partial charge in [-0.1, -0.05) is 140 Å². The molecule has 0 aliphatic heterocycles. The van der Waals surface area contributed by atoms with Crippen LogP contribution in [-0.4, -0.2) is 68.8 Å². The summed E-state index contributed by atoms with van der Waals surface area (Å²) in [6.07, 6.45) is 20.8. The third-order valence-electron chi connectivity index (χ3n) is 7.53. The molecule has 0 aliphatic rings. The second-order valence-corrected chi connectivity index (χ2v) is 23.7. The van der Waals surface area contributed by atoms with E-state index < -0.39 is 17.6 Å². The molecule has 278 valence electrons. The fourth-order valence-corrected chi connectivity index (χ4v) is 17.8. The zero-order chi connectivity index (χ0) is 33.9. The Morgan fingerprint density at radius 3 is 0.739 bits per heavy atom. The first kappa shape index (κ1) is 47.6. The van der Waals surface area contributed by atoms with E-state index in [2.05, 4.69) is 41.5 Å². The molecule has 46 heavy (non-hydrogen) atoms. The van der Waals surface area contributed by atoms with Crippen LogP contribution in [0.25, 0.3) is 0 Å². The van der Waals surface area contributed by atoms with Gasteiger partial charge in [0.15, 0.2) is 0 Å². The van der Waals surface area contributed by atoms with Gasteiger partial charge < -0.3 is 26.6 Å². The van der Waals surface area contributed by atoms with Gasteiger partial charge in [-0.3, -0.25) is 0 Å². The molecular formula is C34H74O6S4Si2. The zero-order valence-electron chi connectivity index (χ0n) is 30.9. The molecule has 0 rings (SSSR count). The van der Waals surface area contributed by atoms with E-state index >= 15 is 0 Å². The van der Waals surface area contributed by atoms with Crippen LogP contribution in [0.5, 0.6) is 0 Å². The molecule has 0 amide bonds. The molecule has 0 bridgehead atoms. The minimum Gasteiger partial charge on any atom is -0.373 e. The molecule has 0 atom stereocenters. The smallest absolute Gasteiger partial charge is 0.373 e. The molecule has 12 heteroatoms. The maximum atomic E-state index is 6.54. The van der Waals surface area contributed by atoms with Crippen molar-refractivity contribution in [3.63, 3.8) is 0 Å². The molecule has 0 fully saturated rings. The van der Waals surface area contributed by atoms with Crippen molar-refractivity contribution in [1.82, 2.24) is 0 Å². The van der Waals surface area contributed by atoms with E-state index in [9.17, 15) is 0 Å². The zero-order valence-corrected chi connectivity index (χ0v) is 36.1. The molecule has 0 saturated carbocycles. The lowest BCUT2D eigenvalue weighted by molar-refractivity contribution is 0.0562. The molecule has 0 aliphatic carbocycles. The summed E-state index contributed by atoms with van der Waals surface area (Å²) in [5.74, 6) is 1.94. The first-order chi connectivity index (χ1) is 22.6. The number of hydrogen-bond donors (Lipinski definition) is 0. The van der Waals surface area contributed by atoms with E-state index in [1.54, 1.807) is 0 Å². The fraction of sp³-hybridized carbons (Fsp3) is 1.00. The van der Waals surface area contributed by atoms with E-state index in [1.807, 2.05) is 41.2 Å². The molecule has 0 aromatic heterocycles. The Balaban J connectivity index is 5.00. The molecular weight excluding hydrogens is 689 g/mol. The molecule has 0 heterocycles. The van der Waals surface area contributed by atoms with E-state index in [0.29, 0.717) is 0 Å². The molecule has 0 spiro atoms. The average Bonchev–Trinajstić information content (AvgIpc) is 3.07. The van der Waals surface area contributed by atoms with Gasteiger partial charge in [0.05, 0.1) is 0 Å². The van der Waals surface area contributed by atoms with Crippen molar-refractivity contribution in [2.45, 2.75) is 169 Å². The van der Waals surface area contributed by atoms with Crippen LogP contribution >= 0.6 is 41.2 Å². The second-order valence-electron chi connectivity index (χ2n) is 12.0. The van der Waals surface area contributed by atoms with Crippen LogP contribution < -0.4 is 0 Å². The van der Waals surface area contributed by atoms with Crippen molar-refractivity contribution in [2.75, 3.05) is 51.1 Å². The van der Waals surface area contributed by atoms with E-state index in [0.717, 1.165) is 102 Å². The van der Waals surface area contributed by atoms with E-state index in [4.69, 9.17) is 26.6 Å². The van der Waals surface area contributed by atoms with Gasteiger partial charge in [0.1, 0.15) is 0 Å². The second kappa shape index (κ2) is 36.4. The number of hydrogen-bond acceptors (Lipinski definition) is 10. The highest BCUT2D eigenvalue weighted by Gasteiger charge is 2.42. The summed E-state index contributed by atoms with van der Waals surface area (Å²) in [6, 6.07) is 1.75. The van der Waals surface area contributed by atoms with Crippen molar-refractivity contribution in [3.8, 4) is 0 Å². The maximum Gasteiger partial charge on any atom is 0.501 e. The maximum absolute atomic E-state index is 6.54. The lowest BCUT2D eigenvalue weighted by atomic mass is 10.3. The Labute approximate surface area is 304 Å². The van der Waals surface area contributed by atoms with Gasteiger partial charge in [0.2, 0.25) is 0 Å². The summed E-state index contributed by atoms with van der Waals surface area (Å²) in [5, 5.41) is 0. The molecule has 6 nitrogen and oxygen atoms in total. The minimum atomic E-state index is -2.70. The summed E-state index contributed by atoms with van der Waals surface area (Å²) in [5.41, 5.74) is 0. The van der Waals surface area contributed by atoms with Gasteiger partial charge >= 0.3 is 17.6 Å². The van der Waals surface area contributed by atoms with Crippen molar-refractivity contribution in [1.29, 1.82) is 0 Å². The van der Waals surface area contributed by atoms with Gasteiger partial charge in [-0.15, -0.1) is 0 Å². The highest BCUT2D eigenvalue weighted by Crippen LogP contribution is 2.44. The van der Waals surface area contributed by atoms with Gasteiger partial charge in [-0.05, 0) is 58.2 Å². The number of rotatable bonds is 39. The summed E-state index contributed by atoms with van der Waals surface area (Å²) in [4.78, 5) is 0. The molecule has 0 radical (unpaired) electrons. The standard InChI is InChI=1S/C34H74O6S4Si2/c1-7-13-19-25-35-45(36-26-20-14-8-2,37-27-21-15-9-3)33-31-41-43-44-42-32-34-46(38-28-22-16-10-4,39-29-23-17-11-5)40-30-24-18-12-6/h7-34H2,1-6H3. The average molecular weight is 763 g/mol. The highest BCUT2D eigenvalue weighted by molar-refractivity contribution is 9.26. The van der Waals surface area contributed by atoms with Crippen LogP contribution in [-0.2, 0) is 26.6 Å². The Hall–Kier alpha value is 1.59. The Kier molecular flexibility index (Phi) is 37.6. The summed E-state index contributed by atoms with van der Waals surface area (Å²) < 4.78 is 39.2. The van der Waals surface area contributed by atoms with Gasteiger partial charge in [-0.2, -0.15) is 0 Å². The van der Waals surface area contributed by atoms with Crippen molar-refractivity contribution < 1.29 is 26.6 Å². The van der Waals surface area contributed by atoms with Gasteiger partial charge in [-0.25, -0.2) is 0 Å². The van der Waals surface area contributed by atoms with E-state index in [-0.39, 0.29) is 0 Å². The predicted molar refractivity (Wildman–Crippen MR) is 214 cm³/mol. The molecule has 0 saturated heterocycles. The van der Waals surface area contributed by atoms with Crippen LogP contribution in [0, 0.1) is 0 Å². The Morgan fingerprint density at radius 1 is 0.326 bits per heavy atom. The third-order valence-corrected chi connectivity index (χ3v) is 20.3. The topological polar surface area (TPSA) is 55.4 Å². The van der Waals surface area contributed by atoms with Crippen LogP contribution in [0.1, 0.15) is 157 Å². The summed E-state index contributed by atoms with van der Waals surface area (Å²) in [7, 11) is 2.12. The van der Waals surface area contributed by atoms with Crippen molar-refractivity contribution >= 4 is 58.8 Å². The van der Waals surface area contributed by atoms with Crippen LogP contribution in [0.4, 0.5) is 0 Å². The van der Waals surface area contributed by atoms with Crippen molar-refractivity contribution in [3.05, 3.63) is 0 Å². The monoisotopic (exact) mass is 762 g/mol. The normalized spacial score (nSPS) is 12.4.